The Hall–Kier alpha value is -1.83. The van der Waals surface area contributed by atoms with Crippen LogP contribution in [0.5, 0.6) is 5.75 Å². The topological polar surface area (TPSA) is 58.6 Å². The lowest BCUT2D eigenvalue weighted by molar-refractivity contribution is 0.161. The van der Waals surface area contributed by atoms with Crippen LogP contribution in [-0.4, -0.2) is 40.1 Å². The van der Waals surface area contributed by atoms with Gasteiger partial charge in [0.15, 0.2) is 0 Å². The molecule has 2 aromatic rings. The SMILES string of the molecule is CCc1ccc(S(=O)(=O)Nc2ccc(F)c(Cl)c2)c2c1C[C@@H](N(C)C)CO2. The van der Waals surface area contributed by atoms with Crippen molar-refractivity contribution in [2.24, 2.45) is 0 Å². The molecular weight excluding hydrogens is 391 g/mol. The van der Waals surface area contributed by atoms with E-state index in [1.54, 1.807) is 6.07 Å². The minimum Gasteiger partial charge on any atom is -0.490 e. The zero-order chi connectivity index (χ0) is 19.8. The van der Waals surface area contributed by atoms with E-state index >= 15 is 0 Å². The number of rotatable bonds is 5. The first kappa shape index (κ1) is 19.9. The first-order valence-electron chi connectivity index (χ1n) is 8.64. The maximum atomic E-state index is 13.3. The van der Waals surface area contributed by atoms with Crippen molar-refractivity contribution in [3.05, 3.63) is 52.3 Å². The number of likely N-dealkylation sites (N-methyl/N-ethyl adjacent to an activating group) is 1. The molecule has 8 heteroatoms. The summed E-state index contributed by atoms with van der Waals surface area (Å²) in [6, 6.07) is 7.25. The van der Waals surface area contributed by atoms with Gasteiger partial charge in [-0.05, 0) is 56.8 Å². The Morgan fingerprint density at radius 3 is 2.67 bits per heavy atom. The fourth-order valence-electron chi connectivity index (χ4n) is 3.15. The van der Waals surface area contributed by atoms with Crippen LogP contribution in [0.1, 0.15) is 18.1 Å². The molecule has 0 spiro atoms. The molecular formula is C19H22ClFN2O3S. The summed E-state index contributed by atoms with van der Waals surface area (Å²) in [4.78, 5) is 2.15. The van der Waals surface area contributed by atoms with Gasteiger partial charge in [-0.2, -0.15) is 0 Å². The molecule has 0 unspecified atom stereocenters. The number of aryl methyl sites for hydroxylation is 1. The van der Waals surface area contributed by atoms with Gasteiger partial charge in [-0.25, -0.2) is 12.8 Å². The molecule has 1 heterocycles. The second-order valence-corrected chi connectivity index (χ2v) is 8.81. The fourth-order valence-corrected chi connectivity index (χ4v) is 4.55. The van der Waals surface area contributed by atoms with Gasteiger partial charge in [0.05, 0.1) is 10.7 Å². The Labute approximate surface area is 164 Å². The van der Waals surface area contributed by atoms with E-state index in [4.69, 9.17) is 16.3 Å². The maximum absolute atomic E-state index is 13.3. The summed E-state index contributed by atoms with van der Waals surface area (Å²) < 4.78 is 47.6. The molecule has 146 valence electrons. The van der Waals surface area contributed by atoms with Crippen LogP contribution in [0.2, 0.25) is 5.02 Å². The van der Waals surface area contributed by atoms with E-state index in [0.717, 1.165) is 30.0 Å². The van der Waals surface area contributed by atoms with Crippen molar-refractivity contribution in [2.45, 2.75) is 30.7 Å². The highest BCUT2D eigenvalue weighted by atomic mass is 35.5. The van der Waals surface area contributed by atoms with Crippen LogP contribution in [0.15, 0.2) is 35.2 Å². The van der Waals surface area contributed by atoms with Crippen LogP contribution < -0.4 is 9.46 Å². The van der Waals surface area contributed by atoms with E-state index in [1.807, 2.05) is 27.1 Å². The number of hydrogen-bond donors (Lipinski definition) is 1. The summed E-state index contributed by atoms with van der Waals surface area (Å²) in [7, 11) is 0.0377. The van der Waals surface area contributed by atoms with Gasteiger partial charge in [0.2, 0.25) is 0 Å². The molecule has 0 aromatic heterocycles. The van der Waals surface area contributed by atoms with Crippen molar-refractivity contribution >= 4 is 27.3 Å². The number of ether oxygens (including phenoxy) is 1. The second-order valence-electron chi connectivity index (χ2n) is 6.75. The van der Waals surface area contributed by atoms with E-state index in [9.17, 15) is 12.8 Å². The molecule has 27 heavy (non-hydrogen) atoms. The highest BCUT2D eigenvalue weighted by Crippen LogP contribution is 2.36. The van der Waals surface area contributed by atoms with Gasteiger partial charge in [-0.15, -0.1) is 0 Å². The summed E-state index contributed by atoms with van der Waals surface area (Å²) in [6.45, 7) is 2.44. The minimum atomic E-state index is -3.92. The predicted molar refractivity (Wildman–Crippen MR) is 105 cm³/mol. The van der Waals surface area contributed by atoms with Crippen LogP contribution in [-0.2, 0) is 22.9 Å². The number of hydrogen-bond acceptors (Lipinski definition) is 4. The molecule has 3 rings (SSSR count). The summed E-state index contributed by atoms with van der Waals surface area (Å²) in [5.41, 5.74) is 2.18. The summed E-state index contributed by atoms with van der Waals surface area (Å²) in [6.07, 6.45) is 1.50. The Balaban J connectivity index is 2.01. The second kappa shape index (κ2) is 7.66. The number of benzene rings is 2. The fraction of sp³-hybridized carbons (Fsp3) is 0.368. The highest BCUT2D eigenvalue weighted by molar-refractivity contribution is 7.92. The molecule has 1 aliphatic rings. The third kappa shape index (κ3) is 4.05. The largest absolute Gasteiger partial charge is 0.490 e. The average molecular weight is 413 g/mol. The molecule has 0 saturated carbocycles. The first-order valence-corrected chi connectivity index (χ1v) is 10.5. The van der Waals surface area contributed by atoms with Crippen molar-refractivity contribution in [3.8, 4) is 5.75 Å². The smallest absolute Gasteiger partial charge is 0.265 e. The van der Waals surface area contributed by atoms with Crippen LogP contribution in [0, 0.1) is 5.82 Å². The molecule has 1 N–H and O–H groups in total. The number of fused-ring (bicyclic) bond motifs is 1. The summed E-state index contributed by atoms with van der Waals surface area (Å²) in [5.74, 6) is -0.212. The van der Waals surface area contributed by atoms with Gasteiger partial charge in [0.25, 0.3) is 10.0 Å². The van der Waals surface area contributed by atoms with E-state index in [0.29, 0.717) is 12.4 Å². The van der Waals surface area contributed by atoms with Gasteiger partial charge < -0.3 is 9.64 Å². The third-order valence-corrected chi connectivity index (χ3v) is 6.45. The molecule has 0 radical (unpaired) electrons. The monoisotopic (exact) mass is 412 g/mol. The summed E-state index contributed by atoms with van der Waals surface area (Å²) >= 11 is 5.75. The molecule has 0 aliphatic carbocycles. The lowest BCUT2D eigenvalue weighted by atomic mass is 9.95. The van der Waals surface area contributed by atoms with Crippen molar-refractivity contribution in [1.29, 1.82) is 0 Å². The van der Waals surface area contributed by atoms with Gasteiger partial charge in [0, 0.05) is 11.6 Å². The molecule has 0 amide bonds. The lowest BCUT2D eigenvalue weighted by Crippen LogP contribution is -2.39. The summed E-state index contributed by atoms with van der Waals surface area (Å²) in [5, 5.41) is -0.149. The molecule has 1 atom stereocenters. The number of nitrogens with one attached hydrogen (secondary N) is 1. The van der Waals surface area contributed by atoms with Gasteiger partial charge in [-0.3, -0.25) is 4.72 Å². The lowest BCUT2D eigenvalue weighted by Gasteiger charge is -2.32. The zero-order valence-electron chi connectivity index (χ0n) is 15.4. The van der Waals surface area contributed by atoms with Crippen LogP contribution >= 0.6 is 11.6 Å². The molecule has 5 nitrogen and oxygen atoms in total. The molecule has 0 bridgehead atoms. The van der Waals surface area contributed by atoms with Crippen molar-refractivity contribution in [1.82, 2.24) is 4.90 Å². The van der Waals surface area contributed by atoms with Crippen LogP contribution in [0.25, 0.3) is 0 Å². The van der Waals surface area contributed by atoms with Crippen molar-refractivity contribution in [3.63, 3.8) is 0 Å². The third-order valence-electron chi connectivity index (χ3n) is 4.75. The van der Waals surface area contributed by atoms with Gasteiger partial charge in [-0.1, -0.05) is 24.6 Å². The zero-order valence-corrected chi connectivity index (χ0v) is 17.0. The van der Waals surface area contributed by atoms with E-state index < -0.39 is 15.8 Å². The van der Waals surface area contributed by atoms with Crippen LogP contribution in [0.3, 0.4) is 0 Å². The molecule has 0 saturated heterocycles. The quantitative estimate of drug-likeness (QED) is 0.813. The number of halogens is 2. The number of sulfonamides is 1. The number of nitrogens with zero attached hydrogens (tertiary/aromatic N) is 1. The Morgan fingerprint density at radius 1 is 1.30 bits per heavy atom. The van der Waals surface area contributed by atoms with E-state index in [2.05, 4.69) is 9.62 Å². The predicted octanol–water partition coefficient (Wildman–Crippen LogP) is 3.71. The highest BCUT2D eigenvalue weighted by Gasteiger charge is 2.30. The average Bonchev–Trinajstić information content (AvgIpc) is 2.62. The molecule has 0 fully saturated rings. The standard InChI is InChI=1S/C19H22ClFN2O3S/c1-4-12-5-8-18(19-15(12)10-14(11-26-19)23(2)3)27(24,25)22-13-6-7-17(21)16(20)9-13/h5-9,14,22H,4,10-11H2,1-3H3/t14-/m1/s1. The Kier molecular flexibility index (Phi) is 5.65. The van der Waals surface area contributed by atoms with E-state index in [1.165, 1.54) is 12.1 Å². The van der Waals surface area contributed by atoms with Gasteiger partial charge in [0.1, 0.15) is 23.1 Å². The minimum absolute atomic E-state index is 0.0763. The Bertz CT molecular complexity index is 964. The van der Waals surface area contributed by atoms with Crippen LogP contribution in [0.4, 0.5) is 10.1 Å². The maximum Gasteiger partial charge on any atom is 0.265 e. The number of anilines is 1. The molecule has 1 aliphatic heterocycles. The van der Waals surface area contributed by atoms with Crippen molar-refractivity contribution < 1.29 is 17.5 Å². The Morgan fingerprint density at radius 2 is 2.04 bits per heavy atom. The van der Waals surface area contributed by atoms with Crippen molar-refractivity contribution in [2.75, 3.05) is 25.4 Å². The first-order chi connectivity index (χ1) is 12.7. The van der Waals surface area contributed by atoms with E-state index in [-0.39, 0.29) is 21.6 Å². The van der Waals surface area contributed by atoms with Gasteiger partial charge >= 0.3 is 0 Å². The normalized spacial score (nSPS) is 16.7. The molecule has 2 aromatic carbocycles.